The van der Waals surface area contributed by atoms with Crippen LogP contribution < -0.4 is 10.1 Å². The second kappa shape index (κ2) is 8.32. The van der Waals surface area contributed by atoms with E-state index in [1.807, 2.05) is 0 Å². The van der Waals surface area contributed by atoms with Crippen molar-refractivity contribution < 1.29 is 22.7 Å². The maximum atomic E-state index is 14.3. The lowest BCUT2D eigenvalue weighted by molar-refractivity contribution is 0.0748. The maximum Gasteiger partial charge on any atom is 0.215 e. The topological polar surface area (TPSA) is 106 Å². The number of nitrogens with zero attached hydrogens (tertiary/aromatic N) is 3. The Labute approximate surface area is 187 Å². The second-order valence-electron chi connectivity index (χ2n) is 9.25. The van der Waals surface area contributed by atoms with Crippen molar-refractivity contribution in [3.63, 3.8) is 0 Å². The third-order valence-electron chi connectivity index (χ3n) is 5.02. The van der Waals surface area contributed by atoms with E-state index in [-0.39, 0.29) is 10.6 Å². The number of rotatable bonds is 7. The first-order valence-corrected chi connectivity index (χ1v) is 11.7. The average molecular weight is 465 g/mol. The van der Waals surface area contributed by atoms with Gasteiger partial charge in [-0.2, -0.15) is 4.39 Å². The van der Waals surface area contributed by atoms with Gasteiger partial charge in [-0.1, -0.05) is 0 Å². The summed E-state index contributed by atoms with van der Waals surface area (Å²) in [7, 11) is -2.32. The number of sulfone groups is 1. The van der Waals surface area contributed by atoms with Gasteiger partial charge in [0.05, 0.1) is 29.3 Å². The largest absolute Gasteiger partial charge is 0.495 e. The summed E-state index contributed by atoms with van der Waals surface area (Å²) in [6.07, 6.45) is 3.44. The molecule has 0 unspecified atom stereocenters. The van der Waals surface area contributed by atoms with Crippen LogP contribution in [0.5, 0.6) is 5.75 Å². The van der Waals surface area contributed by atoms with Gasteiger partial charge in [-0.25, -0.2) is 18.4 Å². The standard InChI is InChI=1S/C22H29FN4O4S/c1-21(2,3)32(29,30)17-13-27-15(12-25-20(27)11-16(17)31-6)14-9-18(23)26-19(10-14)24-8-7-22(4,5)28/h9-13,28H,7-8H2,1-6H3,(H,24,26). The van der Waals surface area contributed by atoms with Crippen LogP contribution in [-0.2, 0) is 9.84 Å². The Morgan fingerprint density at radius 3 is 2.47 bits per heavy atom. The van der Waals surface area contributed by atoms with Gasteiger partial charge in [0, 0.05) is 30.4 Å². The highest BCUT2D eigenvalue weighted by molar-refractivity contribution is 7.92. The number of ether oxygens (including phenoxy) is 1. The zero-order valence-corrected chi connectivity index (χ0v) is 19.9. The first-order chi connectivity index (χ1) is 14.7. The van der Waals surface area contributed by atoms with Gasteiger partial charge in [0.25, 0.3) is 0 Å². The number of anilines is 1. The van der Waals surface area contributed by atoms with Gasteiger partial charge in [-0.3, -0.25) is 4.40 Å². The minimum Gasteiger partial charge on any atom is -0.495 e. The summed E-state index contributed by atoms with van der Waals surface area (Å²) in [6, 6.07) is 4.45. The molecule has 0 radical (unpaired) electrons. The van der Waals surface area contributed by atoms with E-state index in [2.05, 4.69) is 15.3 Å². The molecular weight excluding hydrogens is 435 g/mol. The van der Waals surface area contributed by atoms with Gasteiger partial charge in [0.2, 0.25) is 5.95 Å². The summed E-state index contributed by atoms with van der Waals surface area (Å²) in [5, 5.41) is 12.9. The fourth-order valence-corrected chi connectivity index (χ4v) is 4.43. The first-order valence-electron chi connectivity index (χ1n) is 10.2. The van der Waals surface area contributed by atoms with E-state index in [9.17, 15) is 17.9 Å². The number of halogens is 1. The van der Waals surface area contributed by atoms with Gasteiger partial charge >= 0.3 is 0 Å². The molecule has 0 saturated heterocycles. The van der Waals surface area contributed by atoms with Crippen molar-refractivity contribution >= 4 is 21.3 Å². The van der Waals surface area contributed by atoms with Crippen molar-refractivity contribution in [1.29, 1.82) is 0 Å². The van der Waals surface area contributed by atoms with Gasteiger partial charge in [0.1, 0.15) is 22.1 Å². The van der Waals surface area contributed by atoms with Gasteiger partial charge < -0.3 is 15.2 Å². The number of aliphatic hydroxyl groups is 1. The van der Waals surface area contributed by atoms with E-state index in [0.29, 0.717) is 35.7 Å². The summed E-state index contributed by atoms with van der Waals surface area (Å²) >= 11 is 0. The Kier molecular flexibility index (Phi) is 6.23. The number of pyridine rings is 2. The van der Waals surface area contributed by atoms with Crippen molar-refractivity contribution in [2.75, 3.05) is 19.0 Å². The van der Waals surface area contributed by atoms with Crippen LogP contribution in [0.1, 0.15) is 41.0 Å². The normalized spacial score (nSPS) is 12.9. The fraction of sp³-hybridized carbons (Fsp3) is 0.455. The molecule has 0 bridgehead atoms. The Morgan fingerprint density at radius 2 is 1.88 bits per heavy atom. The number of hydrogen-bond acceptors (Lipinski definition) is 7. The highest BCUT2D eigenvalue weighted by Crippen LogP contribution is 2.34. The van der Waals surface area contributed by atoms with E-state index in [1.165, 1.54) is 25.6 Å². The van der Waals surface area contributed by atoms with Crippen molar-refractivity contribution in [1.82, 2.24) is 14.4 Å². The SMILES string of the molecule is COc1cc2ncc(-c3cc(F)nc(NCCC(C)(C)O)c3)n2cc1S(=O)(=O)C(C)(C)C. The smallest absolute Gasteiger partial charge is 0.215 e. The minimum absolute atomic E-state index is 0.0253. The second-order valence-corrected chi connectivity index (χ2v) is 11.9. The number of imidazole rings is 1. The Bertz CT molecular complexity index is 1240. The van der Waals surface area contributed by atoms with E-state index in [1.54, 1.807) is 51.2 Å². The molecule has 3 aromatic heterocycles. The van der Waals surface area contributed by atoms with Crippen LogP contribution in [0, 0.1) is 5.95 Å². The van der Waals surface area contributed by atoms with Crippen molar-refractivity contribution in [2.24, 2.45) is 0 Å². The summed E-state index contributed by atoms with van der Waals surface area (Å²) in [5.41, 5.74) is 0.567. The van der Waals surface area contributed by atoms with Gasteiger partial charge in [-0.05, 0) is 47.1 Å². The molecule has 0 aliphatic heterocycles. The molecule has 0 aromatic carbocycles. The van der Waals surface area contributed by atoms with Crippen LogP contribution in [-0.4, -0.2) is 51.9 Å². The first kappa shape index (κ1) is 23.9. The monoisotopic (exact) mass is 464 g/mol. The zero-order chi connectivity index (χ0) is 23.9. The van der Waals surface area contributed by atoms with Crippen molar-refractivity contribution in [3.8, 4) is 17.0 Å². The molecule has 32 heavy (non-hydrogen) atoms. The highest BCUT2D eigenvalue weighted by atomic mass is 32.2. The third-order valence-corrected chi connectivity index (χ3v) is 7.52. The molecule has 8 nitrogen and oxygen atoms in total. The van der Waals surface area contributed by atoms with Crippen molar-refractivity contribution in [3.05, 3.63) is 36.5 Å². The predicted molar refractivity (Wildman–Crippen MR) is 121 cm³/mol. The van der Waals surface area contributed by atoms with E-state index < -0.39 is 26.1 Å². The minimum atomic E-state index is -3.73. The maximum absolute atomic E-state index is 14.3. The van der Waals surface area contributed by atoms with Gasteiger partial charge in [-0.15, -0.1) is 0 Å². The molecule has 0 aliphatic carbocycles. The highest BCUT2D eigenvalue weighted by Gasteiger charge is 2.34. The number of methoxy groups -OCH3 is 1. The van der Waals surface area contributed by atoms with E-state index in [4.69, 9.17) is 4.74 Å². The molecule has 3 aromatic rings. The number of hydrogen-bond donors (Lipinski definition) is 2. The number of nitrogens with one attached hydrogen (secondary N) is 1. The molecule has 10 heteroatoms. The quantitative estimate of drug-likeness (QED) is 0.514. The molecule has 3 heterocycles. The lowest BCUT2D eigenvalue weighted by Gasteiger charge is -2.21. The molecule has 0 atom stereocenters. The van der Waals surface area contributed by atoms with Crippen molar-refractivity contribution in [2.45, 2.75) is 56.3 Å². The molecule has 0 spiro atoms. The summed E-state index contributed by atoms with van der Waals surface area (Å²) in [6.45, 7) is 8.63. The Morgan fingerprint density at radius 1 is 1.19 bits per heavy atom. The summed E-state index contributed by atoms with van der Waals surface area (Å²) < 4.78 is 46.4. The lowest BCUT2D eigenvalue weighted by atomic mass is 10.1. The van der Waals surface area contributed by atoms with E-state index in [0.717, 1.165) is 0 Å². The Balaban J connectivity index is 2.10. The molecule has 174 valence electrons. The summed E-state index contributed by atoms with van der Waals surface area (Å²) in [4.78, 5) is 8.21. The molecule has 3 rings (SSSR count). The molecular formula is C22H29FN4O4S. The van der Waals surface area contributed by atoms with E-state index >= 15 is 0 Å². The predicted octanol–water partition coefficient (Wildman–Crippen LogP) is 3.69. The fourth-order valence-electron chi connectivity index (χ4n) is 3.12. The van der Waals surface area contributed by atoms with Crippen LogP contribution in [0.15, 0.2) is 35.5 Å². The zero-order valence-electron chi connectivity index (χ0n) is 19.1. The molecule has 0 aliphatic rings. The number of aromatic nitrogens is 3. The molecule has 2 N–H and O–H groups in total. The lowest BCUT2D eigenvalue weighted by Crippen LogP contribution is -2.28. The van der Waals surface area contributed by atoms with Crippen LogP contribution >= 0.6 is 0 Å². The summed E-state index contributed by atoms with van der Waals surface area (Å²) in [5.74, 6) is -0.200. The average Bonchev–Trinajstić information content (AvgIpc) is 3.07. The van der Waals surface area contributed by atoms with Crippen LogP contribution in [0.3, 0.4) is 0 Å². The van der Waals surface area contributed by atoms with Gasteiger partial charge in [0.15, 0.2) is 9.84 Å². The van der Waals surface area contributed by atoms with Crippen LogP contribution in [0.4, 0.5) is 10.2 Å². The Hall–Kier alpha value is -2.72. The van der Waals surface area contributed by atoms with Crippen LogP contribution in [0.25, 0.3) is 16.9 Å². The van der Waals surface area contributed by atoms with Crippen LogP contribution in [0.2, 0.25) is 0 Å². The number of fused-ring (bicyclic) bond motifs is 1. The molecule has 0 fully saturated rings. The molecule has 0 amide bonds. The third kappa shape index (κ3) is 4.86. The molecule has 0 saturated carbocycles.